The fraction of sp³-hybridized carbons (Fsp3) is 0.538. The molecule has 0 saturated carbocycles. The molecule has 0 fully saturated rings. The van der Waals surface area contributed by atoms with Crippen LogP contribution in [0.1, 0.15) is 43.7 Å². The minimum Gasteiger partial charge on any atom is -0.373 e. The zero-order valence-corrected chi connectivity index (χ0v) is 10.4. The van der Waals surface area contributed by atoms with Crippen LogP contribution < -0.4 is 0 Å². The van der Waals surface area contributed by atoms with Gasteiger partial charge in [-0.25, -0.2) is 0 Å². The van der Waals surface area contributed by atoms with Crippen molar-refractivity contribution in [3.05, 3.63) is 35.4 Å². The second-order valence-corrected chi connectivity index (χ2v) is 6.04. The highest BCUT2D eigenvalue weighted by Gasteiger charge is 2.42. The van der Waals surface area contributed by atoms with E-state index in [0.717, 1.165) is 30.4 Å². The highest BCUT2D eigenvalue weighted by molar-refractivity contribution is 7.85. The second-order valence-electron chi connectivity index (χ2n) is 4.39. The highest BCUT2D eigenvalue weighted by atomic mass is 32.2. The summed E-state index contributed by atoms with van der Waals surface area (Å²) in [6, 6.07) is 7.72. The van der Waals surface area contributed by atoms with E-state index < -0.39 is 15.7 Å². The van der Waals surface area contributed by atoms with Crippen molar-refractivity contribution in [2.75, 3.05) is 0 Å². The second kappa shape index (κ2) is 4.68. The van der Waals surface area contributed by atoms with Crippen molar-refractivity contribution in [1.29, 1.82) is 0 Å². The van der Waals surface area contributed by atoms with Gasteiger partial charge in [-0.15, -0.1) is 0 Å². The summed E-state index contributed by atoms with van der Waals surface area (Å²) in [5.41, 5.74) is 1.92. The van der Waals surface area contributed by atoms with Gasteiger partial charge >= 0.3 is 0 Å². The summed E-state index contributed by atoms with van der Waals surface area (Å²) in [4.78, 5) is -1.09. The lowest BCUT2D eigenvalue weighted by Crippen LogP contribution is -2.27. The molecule has 88 valence electrons. The van der Waals surface area contributed by atoms with E-state index in [1.165, 1.54) is 0 Å². The van der Waals surface area contributed by atoms with Crippen molar-refractivity contribution >= 4 is 10.8 Å². The van der Waals surface area contributed by atoms with E-state index in [2.05, 4.69) is 6.92 Å². The Labute approximate surface area is 99.1 Å². The quantitative estimate of drug-likeness (QED) is 0.819. The Morgan fingerprint density at radius 1 is 1.38 bits per heavy atom. The Hall–Kier alpha value is -0.670. The lowest BCUT2D eigenvalue weighted by molar-refractivity contribution is 0.120. The summed E-state index contributed by atoms with van der Waals surface area (Å²) in [7, 11) is -1.17. The maximum absolute atomic E-state index is 12.0. The fourth-order valence-electron chi connectivity index (χ4n) is 2.27. The van der Waals surface area contributed by atoms with Gasteiger partial charge in [0.2, 0.25) is 0 Å². The average Bonchev–Trinajstić information content (AvgIpc) is 2.53. The Kier molecular flexibility index (Phi) is 3.45. The molecule has 2 nitrogen and oxygen atoms in total. The maximum Gasteiger partial charge on any atom is 0.165 e. The van der Waals surface area contributed by atoms with Crippen LogP contribution in [-0.2, 0) is 21.5 Å². The Morgan fingerprint density at radius 3 is 2.88 bits per heavy atom. The molecule has 0 radical (unpaired) electrons. The smallest absolute Gasteiger partial charge is 0.165 e. The van der Waals surface area contributed by atoms with Crippen molar-refractivity contribution in [1.82, 2.24) is 0 Å². The zero-order valence-electron chi connectivity index (χ0n) is 9.61. The maximum atomic E-state index is 12.0. The van der Waals surface area contributed by atoms with Gasteiger partial charge in [-0.1, -0.05) is 44.0 Å². The Morgan fingerprint density at radius 2 is 2.12 bits per heavy atom. The molecule has 1 N–H and O–H groups in total. The molecule has 0 spiro atoms. The van der Waals surface area contributed by atoms with Gasteiger partial charge < -0.3 is 5.11 Å². The first kappa shape index (κ1) is 11.8. The van der Waals surface area contributed by atoms with Gasteiger partial charge in [0.25, 0.3) is 0 Å². The third kappa shape index (κ3) is 1.94. The van der Waals surface area contributed by atoms with Crippen molar-refractivity contribution in [3.63, 3.8) is 0 Å². The van der Waals surface area contributed by atoms with Crippen LogP contribution in [0.3, 0.4) is 0 Å². The predicted octanol–water partition coefficient (Wildman–Crippen LogP) is 2.67. The van der Waals surface area contributed by atoms with Crippen LogP contribution in [-0.4, -0.2) is 9.32 Å². The lowest BCUT2D eigenvalue weighted by atomic mass is 9.99. The first-order chi connectivity index (χ1) is 7.68. The van der Waals surface area contributed by atoms with E-state index >= 15 is 0 Å². The summed E-state index contributed by atoms with van der Waals surface area (Å²) in [6.07, 6.45) is 3.75. The van der Waals surface area contributed by atoms with Crippen LogP contribution in [0.4, 0.5) is 0 Å². The molecule has 1 aliphatic heterocycles. The van der Waals surface area contributed by atoms with Gasteiger partial charge in [-0.2, -0.15) is 0 Å². The van der Waals surface area contributed by atoms with E-state index in [1.807, 2.05) is 24.3 Å². The molecule has 0 bridgehead atoms. The Bertz CT molecular complexity index is 403. The number of hydrogen-bond acceptors (Lipinski definition) is 2. The molecule has 3 heteroatoms. The standard InChI is InChI=1S/C13H18O2S/c1-2-3-6-9-13(14)12-8-5-4-7-11(12)10-16(13)15/h4-5,7-8,14H,2-3,6,9-10H2,1H3. The van der Waals surface area contributed by atoms with Gasteiger partial charge in [0, 0.05) is 5.56 Å². The van der Waals surface area contributed by atoms with E-state index in [9.17, 15) is 9.32 Å². The van der Waals surface area contributed by atoms with Crippen LogP contribution in [0.15, 0.2) is 24.3 Å². The molecular weight excluding hydrogens is 220 g/mol. The lowest BCUT2D eigenvalue weighted by Gasteiger charge is -2.22. The number of unbranched alkanes of at least 4 members (excludes halogenated alkanes) is 2. The normalized spacial score (nSPS) is 28.0. The molecule has 1 aromatic carbocycles. The minimum absolute atomic E-state index is 0.499. The van der Waals surface area contributed by atoms with E-state index in [4.69, 9.17) is 0 Å². The molecule has 0 saturated heterocycles. The third-order valence-corrected chi connectivity index (χ3v) is 4.97. The van der Waals surface area contributed by atoms with Crippen molar-refractivity contribution in [2.45, 2.75) is 43.3 Å². The van der Waals surface area contributed by atoms with Crippen LogP contribution in [0.5, 0.6) is 0 Å². The minimum atomic E-state index is -1.17. The van der Waals surface area contributed by atoms with Crippen LogP contribution in [0.25, 0.3) is 0 Å². The first-order valence-electron chi connectivity index (χ1n) is 5.87. The molecule has 0 amide bonds. The molecule has 2 atom stereocenters. The van der Waals surface area contributed by atoms with Gasteiger partial charge in [0.05, 0.1) is 16.6 Å². The molecule has 2 rings (SSSR count). The van der Waals surface area contributed by atoms with Gasteiger partial charge in [0.1, 0.15) is 0 Å². The van der Waals surface area contributed by atoms with Crippen LogP contribution in [0, 0.1) is 0 Å². The summed E-state index contributed by atoms with van der Waals surface area (Å²) in [6.45, 7) is 2.13. The fourth-order valence-corrected chi connectivity index (χ4v) is 3.86. The molecule has 1 aromatic rings. The molecule has 1 aliphatic rings. The topological polar surface area (TPSA) is 37.3 Å². The van der Waals surface area contributed by atoms with Gasteiger partial charge in [-0.3, -0.25) is 4.21 Å². The number of hydrogen-bond donors (Lipinski definition) is 1. The van der Waals surface area contributed by atoms with Crippen LogP contribution in [0.2, 0.25) is 0 Å². The Balaban J connectivity index is 2.23. The molecule has 2 unspecified atom stereocenters. The van der Waals surface area contributed by atoms with Gasteiger partial charge in [-0.05, 0) is 18.4 Å². The summed E-state index contributed by atoms with van der Waals surface area (Å²) in [5, 5.41) is 10.5. The summed E-state index contributed by atoms with van der Waals surface area (Å²) < 4.78 is 12.0. The molecular formula is C13H18O2S. The number of benzene rings is 1. The monoisotopic (exact) mass is 238 g/mol. The zero-order chi connectivity index (χ0) is 11.6. The largest absolute Gasteiger partial charge is 0.373 e. The predicted molar refractivity (Wildman–Crippen MR) is 66.3 cm³/mol. The van der Waals surface area contributed by atoms with E-state index in [0.29, 0.717) is 12.2 Å². The summed E-state index contributed by atoms with van der Waals surface area (Å²) in [5.74, 6) is 0.499. The van der Waals surface area contributed by atoms with Crippen molar-refractivity contribution < 1.29 is 9.32 Å². The SMILES string of the molecule is CCCCCC1(O)c2ccccc2CS1=O. The van der Waals surface area contributed by atoms with E-state index in [-0.39, 0.29) is 0 Å². The molecule has 1 heterocycles. The molecule has 16 heavy (non-hydrogen) atoms. The van der Waals surface area contributed by atoms with Gasteiger partial charge in [0.15, 0.2) is 4.93 Å². The average molecular weight is 238 g/mol. The number of fused-ring (bicyclic) bond motifs is 1. The third-order valence-electron chi connectivity index (χ3n) is 3.22. The molecule has 0 aromatic heterocycles. The van der Waals surface area contributed by atoms with E-state index in [1.54, 1.807) is 0 Å². The highest BCUT2D eigenvalue weighted by Crippen LogP contribution is 2.40. The summed E-state index contributed by atoms with van der Waals surface area (Å²) >= 11 is 0. The van der Waals surface area contributed by atoms with Crippen molar-refractivity contribution in [2.24, 2.45) is 0 Å². The number of aliphatic hydroxyl groups is 1. The van der Waals surface area contributed by atoms with Crippen LogP contribution >= 0.6 is 0 Å². The van der Waals surface area contributed by atoms with Crippen molar-refractivity contribution in [3.8, 4) is 0 Å². The first-order valence-corrected chi connectivity index (χ1v) is 7.19. The number of rotatable bonds is 4. The molecule has 0 aliphatic carbocycles.